The normalized spacial score (nSPS) is 12.2. The largest absolute Gasteiger partial charge is 0.319 e. The van der Waals surface area contributed by atoms with Gasteiger partial charge in [-0.3, -0.25) is 4.79 Å². The molecule has 16 heavy (non-hydrogen) atoms. The van der Waals surface area contributed by atoms with Gasteiger partial charge in [0, 0.05) is 23.1 Å². The van der Waals surface area contributed by atoms with E-state index in [0.717, 1.165) is 10.0 Å². The van der Waals surface area contributed by atoms with E-state index in [1.165, 1.54) is 0 Å². The van der Waals surface area contributed by atoms with Crippen molar-refractivity contribution in [2.45, 2.75) is 13.8 Å². The molecule has 4 nitrogen and oxygen atoms in total. The molecule has 0 aliphatic rings. The number of amides is 1. The number of halogens is 1. The number of hydrogen-bond acceptors (Lipinski definition) is 3. The minimum Gasteiger partial charge on any atom is -0.319 e. The lowest BCUT2D eigenvalue weighted by Crippen LogP contribution is -2.28. The number of pyridine rings is 1. The van der Waals surface area contributed by atoms with E-state index in [2.05, 4.69) is 31.5 Å². The Balaban J connectivity index is 2.66. The number of nitrogens with zero attached hydrogens (tertiary/aromatic N) is 1. The molecule has 0 spiro atoms. The van der Waals surface area contributed by atoms with Crippen molar-refractivity contribution < 1.29 is 4.79 Å². The van der Waals surface area contributed by atoms with E-state index in [0.29, 0.717) is 12.4 Å². The third-order valence-electron chi connectivity index (χ3n) is 2.26. The molecule has 88 valence electrons. The van der Waals surface area contributed by atoms with Crippen molar-refractivity contribution >= 4 is 27.7 Å². The SMILES string of the molecule is CNCC(C)C(=O)Nc1cc(C)c(Br)cn1. The first-order valence-corrected chi connectivity index (χ1v) is 5.91. The quantitative estimate of drug-likeness (QED) is 0.889. The predicted octanol–water partition coefficient (Wildman–Crippen LogP) is 1.95. The van der Waals surface area contributed by atoms with Gasteiger partial charge in [0.15, 0.2) is 0 Å². The Labute approximate surface area is 104 Å². The topological polar surface area (TPSA) is 54.0 Å². The van der Waals surface area contributed by atoms with E-state index in [4.69, 9.17) is 0 Å². The van der Waals surface area contributed by atoms with Crippen LogP contribution in [0.4, 0.5) is 5.82 Å². The molecule has 1 atom stereocenters. The standard InChI is InChI=1S/C11H16BrN3O/c1-7-4-10(14-6-9(7)12)15-11(16)8(2)5-13-3/h4,6,8,13H,5H2,1-3H3,(H,14,15,16). The highest BCUT2D eigenvalue weighted by Gasteiger charge is 2.12. The fraction of sp³-hybridized carbons (Fsp3) is 0.455. The molecule has 0 aromatic carbocycles. The summed E-state index contributed by atoms with van der Waals surface area (Å²) in [4.78, 5) is 15.8. The van der Waals surface area contributed by atoms with E-state index in [1.807, 2.05) is 27.0 Å². The van der Waals surface area contributed by atoms with Crippen LogP contribution in [0.15, 0.2) is 16.7 Å². The number of anilines is 1. The van der Waals surface area contributed by atoms with Crippen molar-refractivity contribution in [2.24, 2.45) is 5.92 Å². The van der Waals surface area contributed by atoms with Gasteiger partial charge in [0.05, 0.1) is 0 Å². The van der Waals surface area contributed by atoms with Gasteiger partial charge in [-0.2, -0.15) is 0 Å². The van der Waals surface area contributed by atoms with E-state index in [9.17, 15) is 4.79 Å². The maximum atomic E-state index is 11.7. The summed E-state index contributed by atoms with van der Waals surface area (Å²) in [5.41, 5.74) is 1.05. The Morgan fingerprint density at radius 2 is 2.31 bits per heavy atom. The van der Waals surface area contributed by atoms with Crippen LogP contribution in [0.25, 0.3) is 0 Å². The highest BCUT2D eigenvalue weighted by molar-refractivity contribution is 9.10. The zero-order valence-electron chi connectivity index (χ0n) is 9.67. The van der Waals surface area contributed by atoms with Crippen LogP contribution in [0.3, 0.4) is 0 Å². The second-order valence-corrected chi connectivity index (χ2v) is 4.62. The summed E-state index contributed by atoms with van der Waals surface area (Å²) in [6.07, 6.45) is 1.69. The lowest BCUT2D eigenvalue weighted by atomic mass is 10.1. The van der Waals surface area contributed by atoms with Crippen LogP contribution in [0.5, 0.6) is 0 Å². The first-order valence-electron chi connectivity index (χ1n) is 5.12. The van der Waals surface area contributed by atoms with Gasteiger partial charge in [-0.25, -0.2) is 4.98 Å². The van der Waals surface area contributed by atoms with E-state index in [-0.39, 0.29) is 11.8 Å². The van der Waals surface area contributed by atoms with Crippen LogP contribution >= 0.6 is 15.9 Å². The predicted molar refractivity (Wildman–Crippen MR) is 68.4 cm³/mol. The van der Waals surface area contributed by atoms with Gasteiger partial charge in [0.25, 0.3) is 0 Å². The molecule has 0 aliphatic carbocycles. The summed E-state index contributed by atoms with van der Waals surface area (Å²) in [6, 6.07) is 1.84. The summed E-state index contributed by atoms with van der Waals surface area (Å²) in [5, 5.41) is 5.75. The van der Waals surface area contributed by atoms with E-state index >= 15 is 0 Å². The molecule has 1 rings (SSSR count). The molecule has 1 amide bonds. The second kappa shape index (κ2) is 5.96. The molecule has 0 saturated heterocycles. The number of aryl methyl sites for hydroxylation is 1. The van der Waals surface area contributed by atoms with E-state index < -0.39 is 0 Å². The Kier molecular flexibility index (Phi) is 4.89. The Morgan fingerprint density at radius 1 is 1.62 bits per heavy atom. The van der Waals surface area contributed by atoms with E-state index in [1.54, 1.807) is 6.20 Å². The fourth-order valence-electron chi connectivity index (χ4n) is 1.26. The average Bonchev–Trinajstić information content (AvgIpc) is 2.24. The lowest BCUT2D eigenvalue weighted by molar-refractivity contribution is -0.119. The van der Waals surface area contributed by atoms with Crippen molar-refractivity contribution in [1.82, 2.24) is 10.3 Å². The van der Waals surface area contributed by atoms with Gasteiger partial charge in [0.1, 0.15) is 5.82 Å². The number of aromatic nitrogens is 1. The third-order valence-corrected chi connectivity index (χ3v) is 3.09. The molecule has 1 heterocycles. The summed E-state index contributed by atoms with van der Waals surface area (Å²) in [6.45, 7) is 4.48. The smallest absolute Gasteiger partial charge is 0.229 e. The molecule has 0 fully saturated rings. The van der Waals surface area contributed by atoms with Crippen molar-refractivity contribution in [1.29, 1.82) is 0 Å². The highest BCUT2D eigenvalue weighted by Crippen LogP contribution is 2.17. The molecule has 1 aromatic heterocycles. The van der Waals surface area contributed by atoms with Gasteiger partial charge in [-0.05, 0) is 41.5 Å². The first-order chi connectivity index (χ1) is 7.54. The zero-order valence-corrected chi connectivity index (χ0v) is 11.3. The maximum Gasteiger partial charge on any atom is 0.229 e. The van der Waals surface area contributed by atoms with Gasteiger partial charge in [-0.1, -0.05) is 6.92 Å². The zero-order chi connectivity index (χ0) is 12.1. The Bertz CT molecular complexity index is 381. The van der Waals surface area contributed by atoms with Crippen LogP contribution in [0.1, 0.15) is 12.5 Å². The molecule has 1 aromatic rings. The lowest BCUT2D eigenvalue weighted by Gasteiger charge is -2.11. The van der Waals surface area contributed by atoms with Crippen molar-refractivity contribution in [2.75, 3.05) is 18.9 Å². The molecule has 5 heteroatoms. The van der Waals surface area contributed by atoms with Gasteiger partial charge >= 0.3 is 0 Å². The molecule has 2 N–H and O–H groups in total. The Hall–Kier alpha value is -0.940. The van der Waals surface area contributed by atoms with Gasteiger partial charge in [0.2, 0.25) is 5.91 Å². The van der Waals surface area contributed by atoms with Crippen LogP contribution in [-0.4, -0.2) is 24.5 Å². The van der Waals surface area contributed by atoms with Gasteiger partial charge in [-0.15, -0.1) is 0 Å². The fourth-order valence-corrected chi connectivity index (χ4v) is 1.47. The van der Waals surface area contributed by atoms with Crippen molar-refractivity contribution in [3.05, 3.63) is 22.3 Å². The van der Waals surface area contributed by atoms with Crippen LogP contribution in [0, 0.1) is 12.8 Å². The maximum absolute atomic E-state index is 11.7. The number of hydrogen-bond donors (Lipinski definition) is 2. The summed E-state index contributed by atoms with van der Waals surface area (Å²) < 4.78 is 0.939. The Morgan fingerprint density at radius 3 is 2.88 bits per heavy atom. The molecule has 0 aliphatic heterocycles. The van der Waals surface area contributed by atoms with Gasteiger partial charge < -0.3 is 10.6 Å². The molecular formula is C11H16BrN3O. The summed E-state index contributed by atoms with van der Waals surface area (Å²) in [7, 11) is 1.83. The average molecular weight is 286 g/mol. The molecular weight excluding hydrogens is 270 g/mol. The molecule has 0 saturated carbocycles. The number of carbonyl (C=O) groups is 1. The minimum atomic E-state index is -0.0734. The summed E-state index contributed by atoms with van der Waals surface area (Å²) in [5.74, 6) is 0.493. The third kappa shape index (κ3) is 3.57. The van der Waals surface area contributed by atoms with Crippen LogP contribution < -0.4 is 10.6 Å². The minimum absolute atomic E-state index is 0.0245. The number of rotatable bonds is 4. The van der Waals surface area contributed by atoms with Crippen LogP contribution in [-0.2, 0) is 4.79 Å². The first kappa shape index (κ1) is 13.1. The molecule has 0 radical (unpaired) electrons. The molecule has 1 unspecified atom stereocenters. The summed E-state index contributed by atoms with van der Waals surface area (Å²) >= 11 is 3.36. The van der Waals surface area contributed by atoms with Crippen molar-refractivity contribution in [3.63, 3.8) is 0 Å². The number of carbonyl (C=O) groups excluding carboxylic acids is 1. The van der Waals surface area contributed by atoms with Crippen molar-refractivity contribution in [3.8, 4) is 0 Å². The molecule has 0 bridgehead atoms. The highest BCUT2D eigenvalue weighted by atomic mass is 79.9. The monoisotopic (exact) mass is 285 g/mol. The number of nitrogens with one attached hydrogen (secondary N) is 2. The second-order valence-electron chi connectivity index (χ2n) is 3.77. The van der Waals surface area contributed by atoms with Crippen LogP contribution in [0.2, 0.25) is 0 Å².